The number of anilines is 2. The normalized spacial score (nSPS) is 17.1. The van der Waals surface area contributed by atoms with E-state index in [4.69, 9.17) is 4.74 Å². The molecule has 5 nitrogen and oxygen atoms in total. The van der Waals surface area contributed by atoms with Crippen LogP contribution in [0.25, 0.3) is 0 Å². The van der Waals surface area contributed by atoms with E-state index in [0.717, 1.165) is 5.69 Å². The minimum absolute atomic E-state index is 0.0290. The van der Waals surface area contributed by atoms with Gasteiger partial charge in [-0.2, -0.15) is 0 Å². The number of benzene rings is 2. The number of hydrogen-bond donors (Lipinski definition) is 1. The maximum atomic E-state index is 12.6. The van der Waals surface area contributed by atoms with Crippen molar-refractivity contribution in [1.29, 1.82) is 0 Å². The third kappa shape index (κ3) is 4.13. The first-order chi connectivity index (χ1) is 12.8. The van der Waals surface area contributed by atoms with E-state index in [9.17, 15) is 9.59 Å². The number of para-hydroxylation sites is 2. The van der Waals surface area contributed by atoms with Gasteiger partial charge < -0.3 is 15.0 Å². The molecule has 1 atom stereocenters. The lowest BCUT2D eigenvalue weighted by Crippen LogP contribution is -2.28. The van der Waals surface area contributed by atoms with Crippen molar-refractivity contribution in [2.24, 2.45) is 5.92 Å². The lowest BCUT2D eigenvalue weighted by atomic mass is 9.87. The summed E-state index contributed by atoms with van der Waals surface area (Å²) >= 11 is 0. The van der Waals surface area contributed by atoms with Crippen LogP contribution in [0.4, 0.5) is 11.4 Å². The highest BCUT2D eigenvalue weighted by Crippen LogP contribution is 2.30. The van der Waals surface area contributed by atoms with Crippen LogP contribution in [0.15, 0.2) is 48.5 Å². The number of rotatable bonds is 4. The fourth-order valence-corrected chi connectivity index (χ4v) is 3.26. The molecule has 0 saturated carbocycles. The van der Waals surface area contributed by atoms with Crippen molar-refractivity contribution < 1.29 is 14.3 Å². The van der Waals surface area contributed by atoms with Crippen LogP contribution in [0.3, 0.4) is 0 Å². The van der Waals surface area contributed by atoms with Crippen LogP contribution in [-0.2, 0) is 15.0 Å². The van der Waals surface area contributed by atoms with E-state index < -0.39 is 0 Å². The van der Waals surface area contributed by atoms with Crippen molar-refractivity contribution in [3.63, 3.8) is 0 Å². The maximum Gasteiger partial charge on any atom is 0.229 e. The minimum atomic E-state index is -0.385. The van der Waals surface area contributed by atoms with E-state index in [1.165, 1.54) is 5.56 Å². The molecular formula is C22H26N2O3. The summed E-state index contributed by atoms with van der Waals surface area (Å²) in [6.07, 6.45) is 0.210. The largest absolute Gasteiger partial charge is 0.495 e. The number of nitrogens with one attached hydrogen (secondary N) is 1. The van der Waals surface area contributed by atoms with Crippen LogP contribution >= 0.6 is 0 Å². The van der Waals surface area contributed by atoms with E-state index in [2.05, 4.69) is 26.1 Å². The Morgan fingerprint density at radius 2 is 1.78 bits per heavy atom. The van der Waals surface area contributed by atoms with Gasteiger partial charge in [-0.3, -0.25) is 9.59 Å². The number of carbonyl (C=O) groups is 2. The number of methoxy groups -OCH3 is 1. The first-order valence-electron chi connectivity index (χ1n) is 9.14. The van der Waals surface area contributed by atoms with Gasteiger partial charge in [-0.15, -0.1) is 0 Å². The first kappa shape index (κ1) is 19.0. The molecule has 0 spiro atoms. The number of hydrogen-bond acceptors (Lipinski definition) is 3. The molecule has 1 unspecified atom stereocenters. The van der Waals surface area contributed by atoms with E-state index in [-0.39, 0.29) is 29.6 Å². The molecule has 1 aliphatic heterocycles. The lowest BCUT2D eigenvalue weighted by molar-refractivity contribution is -0.122. The zero-order chi connectivity index (χ0) is 19.6. The first-order valence-corrected chi connectivity index (χ1v) is 9.14. The van der Waals surface area contributed by atoms with Crippen molar-refractivity contribution in [2.45, 2.75) is 32.6 Å². The van der Waals surface area contributed by atoms with Gasteiger partial charge in [0.1, 0.15) is 5.75 Å². The van der Waals surface area contributed by atoms with Gasteiger partial charge in [-0.25, -0.2) is 0 Å². The highest BCUT2D eigenvalue weighted by atomic mass is 16.5. The molecule has 1 fully saturated rings. The van der Waals surface area contributed by atoms with Crippen LogP contribution < -0.4 is 15.0 Å². The van der Waals surface area contributed by atoms with Crippen molar-refractivity contribution in [2.75, 3.05) is 23.9 Å². The summed E-state index contributed by atoms with van der Waals surface area (Å²) in [5.74, 6) is 0.0230. The summed E-state index contributed by atoms with van der Waals surface area (Å²) < 4.78 is 5.27. The molecule has 2 aromatic carbocycles. The maximum absolute atomic E-state index is 12.6. The second-order valence-electron chi connectivity index (χ2n) is 7.89. The summed E-state index contributed by atoms with van der Waals surface area (Å²) in [7, 11) is 1.56. The van der Waals surface area contributed by atoms with Crippen molar-refractivity contribution in [3.05, 3.63) is 54.1 Å². The van der Waals surface area contributed by atoms with Crippen molar-refractivity contribution >= 4 is 23.2 Å². The monoisotopic (exact) mass is 366 g/mol. The smallest absolute Gasteiger partial charge is 0.229 e. The fourth-order valence-electron chi connectivity index (χ4n) is 3.26. The Morgan fingerprint density at radius 1 is 1.11 bits per heavy atom. The number of nitrogens with zero attached hydrogens (tertiary/aromatic N) is 1. The molecular weight excluding hydrogens is 340 g/mol. The highest BCUT2D eigenvalue weighted by molar-refractivity contribution is 6.03. The summed E-state index contributed by atoms with van der Waals surface area (Å²) in [5.41, 5.74) is 2.72. The second kappa shape index (κ2) is 7.43. The quantitative estimate of drug-likeness (QED) is 0.890. The number of amides is 2. The topological polar surface area (TPSA) is 58.6 Å². The molecule has 1 aliphatic rings. The Morgan fingerprint density at radius 3 is 2.41 bits per heavy atom. The van der Waals surface area contributed by atoms with Crippen LogP contribution in [0.5, 0.6) is 5.75 Å². The van der Waals surface area contributed by atoms with Gasteiger partial charge in [-0.1, -0.05) is 45.0 Å². The number of carbonyl (C=O) groups excluding carboxylic acids is 2. The summed E-state index contributed by atoms with van der Waals surface area (Å²) in [5, 5.41) is 2.88. The summed E-state index contributed by atoms with van der Waals surface area (Å²) in [4.78, 5) is 26.8. The van der Waals surface area contributed by atoms with Crippen LogP contribution in [0.2, 0.25) is 0 Å². The van der Waals surface area contributed by atoms with Gasteiger partial charge in [0.15, 0.2) is 0 Å². The lowest BCUT2D eigenvalue weighted by Gasteiger charge is -2.21. The van der Waals surface area contributed by atoms with Gasteiger partial charge in [0.25, 0.3) is 0 Å². The Hall–Kier alpha value is -2.82. The summed E-state index contributed by atoms with van der Waals surface area (Å²) in [6, 6.07) is 15.3. The van der Waals surface area contributed by atoms with E-state index in [1.807, 2.05) is 36.4 Å². The fraction of sp³-hybridized carbons (Fsp3) is 0.364. The van der Waals surface area contributed by atoms with Gasteiger partial charge in [-0.05, 0) is 35.2 Å². The molecule has 3 rings (SSSR count). The third-order valence-corrected chi connectivity index (χ3v) is 4.91. The molecule has 0 radical (unpaired) electrons. The molecule has 5 heteroatoms. The highest BCUT2D eigenvalue weighted by Gasteiger charge is 2.35. The Labute approximate surface area is 160 Å². The predicted octanol–water partition coefficient (Wildman–Crippen LogP) is 3.98. The molecule has 2 aromatic rings. The average molecular weight is 366 g/mol. The molecule has 1 N–H and O–H groups in total. The third-order valence-electron chi connectivity index (χ3n) is 4.91. The van der Waals surface area contributed by atoms with E-state index in [0.29, 0.717) is 18.0 Å². The Balaban J connectivity index is 1.70. The molecule has 1 heterocycles. The SMILES string of the molecule is COc1ccccc1NC(=O)C1CC(=O)N(c2ccc(C(C)(C)C)cc2)C1. The molecule has 0 aliphatic carbocycles. The summed E-state index contributed by atoms with van der Waals surface area (Å²) in [6.45, 7) is 6.85. The van der Waals surface area contributed by atoms with E-state index >= 15 is 0 Å². The van der Waals surface area contributed by atoms with Crippen LogP contribution in [0.1, 0.15) is 32.8 Å². The molecule has 27 heavy (non-hydrogen) atoms. The van der Waals surface area contributed by atoms with E-state index in [1.54, 1.807) is 24.1 Å². The standard InChI is InChI=1S/C22H26N2O3/c1-22(2,3)16-9-11-17(12-10-16)24-14-15(13-20(24)25)21(26)23-18-7-5-6-8-19(18)27-4/h5-12,15H,13-14H2,1-4H3,(H,23,26). The van der Waals surface area contributed by atoms with Gasteiger partial charge in [0.2, 0.25) is 11.8 Å². The van der Waals surface area contributed by atoms with Crippen molar-refractivity contribution in [3.8, 4) is 5.75 Å². The minimum Gasteiger partial charge on any atom is -0.495 e. The average Bonchev–Trinajstić information content (AvgIpc) is 3.03. The van der Waals surface area contributed by atoms with Crippen LogP contribution in [0, 0.1) is 5.92 Å². The zero-order valence-corrected chi connectivity index (χ0v) is 16.3. The Bertz CT molecular complexity index is 837. The zero-order valence-electron chi connectivity index (χ0n) is 16.3. The molecule has 0 aromatic heterocycles. The van der Waals surface area contributed by atoms with Gasteiger partial charge >= 0.3 is 0 Å². The second-order valence-corrected chi connectivity index (χ2v) is 7.89. The molecule has 2 amide bonds. The van der Waals surface area contributed by atoms with Crippen molar-refractivity contribution in [1.82, 2.24) is 0 Å². The van der Waals surface area contributed by atoms with Gasteiger partial charge in [0, 0.05) is 18.7 Å². The number of ether oxygens (including phenoxy) is 1. The molecule has 1 saturated heterocycles. The molecule has 142 valence electrons. The van der Waals surface area contributed by atoms with Crippen LogP contribution in [-0.4, -0.2) is 25.5 Å². The predicted molar refractivity (Wildman–Crippen MR) is 107 cm³/mol. The van der Waals surface area contributed by atoms with Gasteiger partial charge in [0.05, 0.1) is 18.7 Å². The Kier molecular flexibility index (Phi) is 5.22. The molecule has 0 bridgehead atoms.